The largest absolute Gasteiger partial charge is 0.466 e. The van der Waals surface area contributed by atoms with Crippen LogP contribution in [0.2, 0.25) is 0 Å². The molecule has 0 spiro atoms. The molecule has 1 aliphatic rings. The van der Waals surface area contributed by atoms with Gasteiger partial charge in [0.25, 0.3) is 0 Å². The number of aryl methyl sites for hydroxylation is 2. The first-order valence-electron chi connectivity index (χ1n) is 9.92. The molecule has 1 unspecified atom stereocenters. The molecule has 1 aliphatic carbocycles. The summed E-state index contributed by atoms with van der Waals surface area (Å²) < 4.78 is 10.8. The second kappa shape index (κ2) is 12.0. The number of ether oxygens (including phenoxy) is 1. The lowest BCUT2D eigenvalue weighted by Gasteiger charge is -2.23. The lowest BCUT2D eigenvalue weighted by molar-refractivity contribution is 0.0657. The molecule has 0 radical (unpaired) electrons. The molecule has 162 valence electrons. The van der Waals surface area contributed by atoms with Gasteiger partial charge in [-0.2, -0.15) is 0 Å². The molecule has 0 aromatic carbocycles. The number of methoxy groups -OCH3 is 1. The molecule has 0 amide bonds. The number of aliphatic imine (C=N–C) groups is 1. The van der Waals surface area contributed by atoms with Gasteiger partial charge in [0.05, 0.1) is 13.2 Å². The van der Waals surface area contributed by atoms with Gasteiger partial charge in [-0.15, -0.1) is 24.0 Å². The topological polar surface area (TPSA) is 82.3 Å². The van der Waals surface area contributed by atoms with Crippen LogP contribution in [0.5, 0.6) is 0 Å². The Kier molecular flexibility index (Phi) is 10.8. The number of aliphatic hydroxyl groups is 1. The van der Waals surface area contributed by atoms with Gasteiger partial charge in [0.2, 0.25) is 0 Å². The highest BCUT2D eigenvalue weighted by molar-refractivity contribution is 14.0. The summed E-state index contributed by atoms with van der Waals surface area (Å²) in [6.07, 6.45) is 2.56. The standard InChI is InChI=1S/C20H36N4O3.HI/c1-6-21-19(22-9-10-24(11-12-26-5)17-7-8-17)23-14-20(4,25)18-13-15(2)27-16(18)3;/h13,17,25H,6-12,14H2,1-5H3,(H2,21,22,23);1H. The third-order valence-electron chi connectivity index (χ3n) is 4.85. The number of guanidine groups is 1. The quantitative estimate of drug-likeness (QED) is 0.242. The Morgan fingerprint density at radius 2 is 2.07 bits per heavy atom. The highest BCUT2D eigenvalue weighted by Gasteiger charge is 2.29. The minimum Gasteiger partial charge on any atom is -0.466 e. The fourth-order valence-corrected chi connectivity index (χ4v) is 3.27. The van der Waals surface area contributed by atoms with E-state index in [4.69, 9.17) is 9.15 Å². The summed E-state index contributed by atoms with van der Waals surface area (Å²) in [6.45, 7) is 12.1. The summed E-state index contributed by atoms with van der Waals surface area (Å²) in [4.78, 5) is 7.06. The second-order valence-electron chi connectivity index (χ2n) is 7.48. The summed E-state index contributed by atoms with van der Waals surface area (Å²) in [6, 6.07) is 2.59. The lowest BCUT2D eigenvalue weighted by Crippen LogP contribution is -2.43. The lowest BCUT2D eigenvalue weighted by atomic mass is 9.96. The molecule has 28 heavy (non-hydrogen) atoms. The number of halogens is 1. The van der Waals surface area contributed by atoms with Crippen LogP contribution in [-0.2, 0) is 10.3 Å². The zero-order valence-corrected chi connectivity index (χ0v) is 20.2. The molecule has 1 fully saturated rings. The summed E-state index contributed by atoms with van der Waals surface area (Å²) in [5.74, 6) is 2.26. The van der Waals surface area contributed by atoms with Gasteiger partial charge >= 0.3 is 0 Å². The Balaban J connectivity index is 0.00000392. The van der Waals surface area contributed by atoms with E-state index in [9.17, 15) is 5.11 Å². The molecule has 1 heterocycles. The van der Waals surface area contributed by atoms with E-state index in [0.717, 1.165) is 55.8 Å². The zero-order valence-electron chi connectivity index (χ0n) is 17.9. The van der Waals surface area contributed by atoms with E-state index in [1.165, 1.54) is 12.8 Å². The van der Waals surface area contributed by atoms with Crippen molar-refractivity contribution < 1.29 is 14.3 Å². The number of furan rings is 1. The van der Waals surface area contributed by atoms with Crippen molar-refractivity contribution in [3.63, 3.8) is 0 Å². The van der Waals surface area contributed by atoms with E-state index in [2.05, 4.69) is 20.5 Å². The minimum atomic E-state index is -1.07. The van der Waals surface area contributed by atoms with Gasteiger partial charge in [0.15, 0.2) is 5.96 Å². The highest BCUT2D eigenvalue weighted by Crippen LogP contribution is 2.27. The van der Waals surface area contributed by atoms with E-state index in [0.29, 0.717) is 6.04 Å². The maximum absolute atomic E-state index is 10.8. The van der Waals surface area contributed by atoms with Crippen LogP contribution in [0.25, 0.3) is 0 Å². The van der Waals surface area contributed by atoms with Crippen molar-refractivity contribution in [1.82, 2.24) is 15.5 Å². The first-order valence-corrected chi connectivity index (χ1v) is 9.92. The third-order valence-corrected chi connectivity index (χ3v) is 4.85. The first kappa shape index (κ1) is 25.2. The normalized spacial score (nSPS) is 16.6. The van der Waals surface area contributed by atoms with Crippen molar-refractivity contribution in [2.24, 2.45) is 4.99 Å². The summed E-state index contributed by atoms with van der Waals surface area (Å²) >= 11 is 0. The van der Waals surface area contributed by atoms with Crippen LogP contribution in [0.15, 0.2) is 15.5 Å². The molecule has 1 atom stereocenters. The van der Waals surface area contributed by atoms with E-state index >= 15 is 0 Å². The minimum absolute atomic E-state index is 0. The predicted octanol–water partition coefficient (Wildman–Crippen LogP) is 2.39. The Morgan fingerprint density at radius 1 is 1.36 bits per heavy atom. The number of rotatable bonds is 11. The van der Waals surface area contributed by atoms with Gasteiger partial charge in [-0.05, 0) is 46.6 Å². The monoisotopic (exact) mass is 508 g/mol. The molecule has 1 aromatic rings. The maximum atomic E-state index is 10.8. The van der Waals surface area contributed by atoms with Crippen LogP contribution < -0.4 is 10.6 Å². The van der Waals surface area contributed by atoms with Crippen LogP contribution >= 0.6 is 24.0 Å². The van der Waals surface area contributed by atoms with E-state index in [-0.39, 0.29) is 30.5 Å². The number of hydrogen-bond acceptors (Lipinski definition) is 5. The Morgan fingerprint density at radius 3 is 2.61 bits per heavy atom. The second-order valence-corrected chi connectivity index (χ2v) is 7.48. The molecule has 0 bridgehead atoms. The summed E-state index contributed by atoms with van der Waals surface area (Å²) in [5, 5.41) is 17.5. The fourth-order valence-electron chi connectivity index (χ4n) is 3.27. The van der Waals surface area contributed by atoms with Crippen LogP contribution in [0.4, 0.5) is 0 Å². The highest BCUT2D eigenvalue weighted by atomic mass is 127. The van der Waals surface area contributed by atoms with E-state index < -0.39 is 5.60 Å². The SMILES string of the molecule is CCNC(=NCC(C)(O)c1cc(C)oc1C)NCCN(CCOC)C1CC1.I. The summed E-state index contributed by atoms with van der Waals surface area (Å²) in [5.41, 5.74) is -0.276. The average Bonchev–Trinajstić information content (AvgIpc) is 3.39. The third kappa shape index (κ3) is 7.88. The Hall–Kier alpha value is -0.840. The number of nitrogens with zero attached hydrogens (tertiary/aromatic N) is 2. The number of hydrogen-bond donors (Lipinski definition) is 3. The van der Waals surface area contributed by atoms with Gasteiger partial charge in [0.1, 0.15) is 17.1 Å². The maximum Gasteiger partial charge on any atom is 0.191 e. The van der Waals surface area contributed by atoms with Crippen LogP contribution in [0, 0.1) is 13.8 Å². The zero-order chi connectivity index (χ0) is 19.9. The number of nitrogens with one attached hydrogen (secondary N) is 2. The molecular formula is C20H37IN4O3. The molecule has 8 heteroatoms. The molecule has 1 aromatic heterocycles. The van der Waals surface area contributed by atoms with Crippen LogP contribution in [-0.4, -0.2) is 68.4 Å². The van der Waals surface area contributed by atoms with Crippen molar-refractivity contribution in [2.75, 3.05) is 46.4 Å². The molecule has 0 saturated heterocycles. The van der Waals surface area contributed by atoms with Gasteiger partial charge in [-0.25, -0.2) is 4.99 Å². The van der Waals surface area contributed by atoms with Gasteiger partial charge < -0.3 is 24.9 Å². The van der Waals surface area contributed by atoms with E-state index in [1.807, 2.05) is 26.8 Å². The molecular weight excluding hydrogens is 471 g/mol. The smallest absolute Gasteiger partial charge is 0.191 e. The van der Waals surface area contributed by atoms with Gasteiger partial charge in [-0.1, -0.05) is 0 Å². The van der Waals surface area contributed by atoms with Crippen molar-refractivity contribution in [3.05, 3.63) is 23.2 Å². The van der Waals surface area contributed by atoms with Gasteiger partial charge in [-0.3, -0.25) is 4.90 Å². The summed E-state index contributed by atoms with van der Waals surface area (Å²) in [7, 11) is 1.74. The predicted molar refractivity (Wildman–Crippen MR) is 124 cm³/mol. The van der Waals surface area contributed by atoms with Crippen molar-refractivity contribution in [2.45, 2.75) is 52.2 Å². The molecule has 3 N–H and O–H groups in total. The van der Waals surface area contributed by atoms with Crippen molar-refractivity contribution in [1.29, 1.82) is 0 Å². The molecule has 1 saturated carbocycles. The average molecular weight is 508 g/mol. The van der Waals surface area contributed by atoms with E-state index in [1.54, 1.807) is 14.0 Å². The molecule has 0 aliphatic heterocycles. The Labute approximate surface area is 186 Å². The Bertz CT molecular complexity index is 615. The van der Waals surface area contributed by atoms with Gasteiger partial charge in [0, 0.05) is 44.9 Å². The van der Waals surface area contributed by atoms with Crippen molar-refractivity contribution in [3.8, 4) is 0 Å². The molecule has 7 nitrogen and oxygen atoms in total. The van der Waals surface area contributed by atoms with Crippen molar-refractivity contribution >= 4 is 29.9 Å². The fraction of sp³-hybridized carbons (Fsp3) is 0.750. The van der Waals surface area contributed by atoms with Crippen LogP contribution in [0.1, 0.15) is 43.8 Å². The first-order chi connectivity index (χ1) is 12.9. The molecule has 2 rings (SSSR count). The van der Waals surface area contributed by atoms with Crippen LogP contribution in [0.3, 0.4) is 0 Å².